The molecule has 1 aliphatic rings. The number of rotatable bonds is 2. The summed E-state index contributed by atoms with van der Waals surface area (Å²) in [6.07, 6.45) is 3.13. The summed E-state index contributed by atoms with van der Waals surface area (Å²) in [4.78, 5) is 24.1. The van der Waals surface area contributed by atoms with Crippen molar-refractivity contribution in [1.29, 1.82) is 0 Å². The molecule has 1 rings (SSSR count). The molecule has 0 aromatic heterocycles. The van der Waals surface area contributed by atoms with Gasteiger partial charge in [0.1, 0.15) is 4.91 Å². The van der Waals surface area contributed by atoms with Gasteiger partial charge in [-0.05, 0) is 20.1 Å². The molecule has 0 heterocycles. The summed E-state index contributed by atoms with van der Waals surface area (Å²) in [7, 11) is -1.41. The maximum atomic E-state index is 11.8. The third-order valence-corrected chi connectivity index (χ3v) is 4.25. The molecule has 1 unspecified atom stereocenters. The van der Waals surface area contributed by atoms with E-state index in [-0.39, 0.29) is 16.5 Å². The minimum Gasteiger partial charge on any atom is -0.288 e. The maximum Gasteiger partial charge on any atom is 0.199 e. The second-order valence-corrected chi connectivity index (χ2v) is 5.36. The van der Waals surface area contributed by atoms with Crippen LogP contribution in [0.3, 0.4) is 0 Å². The number of ketones is 2. The van der Waals surface area contributed by atoms with Crippen LogP contribution in [0.4, 0.5) is 0 Å². The Bertz CT molecular complexity index is 430. The highest BCUT2D eigenvalue weighted by molar-refractivity contribution is 8.04. The van der Waals surface area contributed by atoms with Gasteiger partial charge in [0.25, 0.3) is 0 Å². The number of Topliss-reactive ketones (excluding diaryl/α,β-unsaturated/α-hetero) is 2. The second-order valence-electron chi connectivity index (χ2n) is 3.22. The first kappa shape index (κ1) is 12.4. The number of hydrogen-bond acceptors (Lipinski definition) is 4. The Labute approximate surface area is 95.5 Å². The van der Waals surface area contributed by atoms with Gasteiger partial charge >= 0.3 is 0 Å². The van der Waals surface area contributed by atoms with E-state index in [1.165, 1.54) is 18.0 Å². The molecular weight excluding hydrogens is 232 g/mol. The summed E-state index contributed by atoms with van der Waals surface area (Å²) >= 11 is 1.18. The molecule has 0 bridgehead atoms. The normalized spacial score (nSPS) is 20.0. The molecule has 0 saturated carbocycles. The molecule has 0 aliphatic heterocycles. The monoisotopic (exact) mass is 244 g/mol. The molecule has 0 aromatic rings. The van der Waals surface area contributed by atoms with Crippen LogP contribution in [0.25, 0.3) is 0 Å². The summed E-state index contributed by atoms with van der Waals surface area (Å²) in [5, 5.41) is 0. The molecule has 0 spiro atoms. The van der Waals surface area contributed by atoms with Crippen molar-refractivity contribution in [2.75, 3.05) is 12.5 Å². The lowest BCUT2D eigenvalue weighted by atomic mass is 9.97. The van der Waals surface area contributed by atoms with Gasteiger partial charge in [-0.2, -0.15) is 0 Å². The lowest BCUT2D eigenvalue weighted by Gasteiger charge is -2.17. The van der Waals surface area contributed by atoms with Crippen LogP contribution in [0.1, 0.15) is 13.8 Å². The van der Waals surface area contributed by atoms with Crippen molar-refractivity contribution in [3.05, 3.63) is 21.0 Å². The molecule has 0 aromatic carbocycles. The highest BCUT2D eigenvalue weighted by Crippen LogP contribution is 2.31. The van der Waals surface area contributed by atoms with Crippen molar-refractivity contribution in [2.24, 2.45) is 0 Å². The quantitative estimate of drug-likeness (QED) is 0.689. The smallest absolute Gasteiger partial charge is 0.199 e. The van der Waals surface area contributed by atoms with Crippen molar-refractivity contribution in [2.45, 2.75) is 13.8 Å². The number of allylic oxidation sites excluding steroid dienone is 4. The van der Waals surface area contributed by atoms with Gasteiger partial charge in [-0.3, -0.25) is 13.8 Å². The Hall–Kier alpha value is -0.680. The van der Waals surface area contributed by atoms with Gasteiger partial charge in [0.2, 0.25) is 0 Å². The maximum absolute atomic E-state index is 11.8. The highest BCUT2D eigenvalue weighted by atomic mass is 32.2. The molecular formula is C10H12O3S2. The van der Waals surface area contributed by atoms with Crippen LogP contribution in [0, 0.1) is 0 Å². The van der Waals surface area contributed by atoms with Crippen LogP contribution < -0.4 is 0 Å². The van der Waals surface area contributed by atoms with Gasteiger partial charge in [0, 0.05) is 17.4 Å². The SMILES string of the molecule is CSC1=C(S(C)=O)C(=O)C(C)=C(C)C1=O. The Morgan fingerprint density at radius 1 is 1.07 bits per heavy atom. The molecule has 5 heteroatoms. The van der Waals surface area contributed by atoms with Crippen LogP contribution in [0.15, 0.2) is 21.0 Å². The van der Waals surface area contributed by atoms with Crippen LogP contribution in [0.5, 0.6) is 0 Å². The van der Waals surface area contributed by atoms with Crippen LogP contribution in [0.2, 0.25) is 0 Å². The zero-order chi connectivity index (χ0) is 11.7. The lowest BCUT2D eigenvalue weighted by molar-refractivity contribution is -0.115. The average molecular weight is 244 g/mol. The third kappa shape index (κ3) is 1.99. The molecule has 1 atom stereocenters. The first-order valence-electron chi connectivity index (χ1n) is 4.30. The number of carbonyl (C=O) groups excluding carboxylic acids is 2. The van der Waals surface area contributed by atoms with Gasteiger partial charge < -0.3 is 0 Å². The summed E-state index contributed by atoms with van der Waals surface area (Å²) < 4.78 is 11.4. The van der Waals surface area contributed by atoms with E-state index in [0.29, 0.717) is 16.1 Å². The van der Waals surface area contributed by atoms with E-state index in [1.54, 1.807) is 20.1 Å². The van der Waals surface area contributed by atoms with Gasteiger partial charge in [0.05, 0.1) is 15.7 Å². The first-order valence-corrected chi connectivity index (χ1v) is 7.08. The van der Waals surface area contributed by atoms with E-state index in [1.807, 2.05) is 0 Å². The van der Waals surface area contributed by atoms with E-state index in [9.17, 15) is 13.8 Å². The van der Waals surface area contributed by atoms with E-state index < -0.39 is 10.8 Å². The zero-order valence-corrected chi connectivity index (χ0v) is 10.7. The van der Waals surface area contributed by atoms with Gasteiger partial charge in [-0.25, -0.2) is 0 Å². The fourth-order valence-corrected chi connectivity index (χ4v) is 3.32. The molecule has 15 heavy (non-hydrogen) atoms. The minimum absolute atomic E-state index is 0.149. The van der Waals surface area contributed by atoms with E-state index in [2.05, 4.69) is 0 Å². The Balaban J connectivity index is 3.44. The molecule has 0 saturated heterocycles. The van der Waals surface area contributed by atoms with E-state index in [4.69, 9.17) is 0 Å². The minimum atomic E-state index is -1.41. The number of hydrogen-bond donors (Lipinski definition) is 0. The average Bonchev–Trinajstić information content (AvgIpc) is 2.19. The highest BCUT2D eigenvalue weighted by Gasteiger charge is 2.31. The fourth-order valence-electron chi connectivity index (χ4n) is 1.33. The van der Waals surface area contributed by atoms with Gasteiger partial charge in [-0.15, -0.1) is 11.8 Å². The molecule has 0 radical (unpaired) electrons. The fraction of sp³-hybridized carbons (Fsp3) is 0.400. The second kappa shape index (κ2) is 4.45. The molecule has 0 N–H and O–H groups in total. The Morgan fingerprint density at radius 2 is 1.53 bits per heavy atom. The van der Waals surface area contributed by atoms with Crippen molar-refractivity contribution < 1.29 is 13.8 Å². The molecule has 3 nitrogen and oxygen atoms in total. The van der Waals surface area contributed by atoms with Crippen molar-refractivity contribution in [1.82, 2.24) is 0 Å². The summed E-state index contributed by atoms with van der Waals surface area (Å²) in [5.41, 5.74) is 0.863. The van der Waals surface area contributed by atoms with Crippen LogP contribution in [-0.2, 0) is 20.4 Å². The van der Waals surface area contributed by atoms with Gasteiger partial charge in [0.15, 0.2) is 11.6 Å². The van der Waals surface area contributed by atoms with Crippen LogP contribution >= 0.6 is 11.8 Å². The lowest BCUT2D eigenvalue weighted by Crippen LogP contribution is -2.22. The van der Waals surface area contributed by atoms with Crippen molar-refractivity contribution in [3.63, 3.8) is 0 Å². The molecule has 0 fully saturated rings. The van der Waals surface area contributed by atoms with E-state index >= 15 is 0 Å². The summed E-state index contributed by atoms with van der Waals surface area (Å²) in [5.74, 6) is -0.443. The molecule has 0 amide bonds. The molecule has 1 aliphatic carbocycles. The molecule has 82 valence electrons. The Morgan fingerprint density at radius 3 is 1.93 bits per heavy atom. The Kier molecular flexibility index (Phi) is 3.67. The van der Waals surface area contributed by atoms with E-state index in [0.717, 1.165) is 0 Å². The van der Waals surface area contributed by atoms with Crippen molar-refractivity contribution in [3.8, 4) is 0 Å². The van der Waals surface area contributed by atoms with Crippen LogP contribution in [-0.4, -0.2) is 28.3 Å². The van der Waals surface area contributed by atoms with Gasteiger partial charge in [-0.1, -0.05) is 0 Å². The third-order valence-electron chi connectivity index (χ3n) is 2.35. The number of thioether (sulfide) groups is 1. The summed E-state index contributed by atoms with van der Waals surface area (Å²) in [6.45, 7) is 3.22. The largest absolute Gasteiger partial charge is 0.288 e. The summed E-state index contributed by atoms with van der Waals surface area (Å²) in [6, 6.07) is 0. The topological polar surface area (TPSA) is 51.2 Å². The zero-order valence-electron chi connectivity index (χ0n) is 9.04. The standard InChI is InChI=1S/C10H12O3S2/c1-5-6(2)8(12)10(15(4)13)9(14-3)7(5)11/h1-4H3. The number of carbonyl (C=O) groups is 2. The first-order chi connectivity index (χ1) is 6.91. The van der Waals surface area contributed by atoms with Crippen molar-refractivity contribution >= 4 is 34.1 Å². The predicted molar refractivity (Wildman–Crippen MR) is 63.0 cm³/mol. The predicted octanol–water partition coefficient (Wildman–Crippen LogP) is 1.43.